The van der Waals surface area contributed by atoms with Crippen LogP contribution in [0.2, 0.25) is 5.02 Å². The van der Waals surface area contributed by atoms with Gasteiger partial charge < -0.3 is 20.4 Å². The van der Waals surface area contributed by atoms with Gasteiger partial charge in [-0.3, -0.25) is 5.10 Å². The Morgan fingerprint density at radius 2 is 1.68 bits per heavy atom. The summed E-state index contributed by atoms with van der Waals surface area (Å²) in [7, 11) is 0. The van der Waals surface area contributed by atoms with Gasteiger partial charge in [0.1, 0.15) is 11.5 Å². The number of nitrogens with one attached hydrogen (secondary N) is 4. The second-order valence-corrected chi connectivity index (χ2v) is 7.42. The molecule has 0 saturated carbocycles. The lowest BCUT2D eigenvalue weighted by Gasteiger charge is -2.07. The Balaban J connectivity index is 1.21. The fourth-order valence-electron chi connectivity index (χ4n) is 3.16. The standard InChI is InChI=1S/C23H19ClN6O/c24-16-3-8-20(9-4-16)31-19-6-1-15(2-7-19)12-25-23-29-21-10-5-17(11-22(21)30-23)28-18-13-26-27-14-18/h1-11,13-14,28H,12H2,(H,26,27)(H2,25,29,30). The zero-order chi connectivity index (χ0) is 21.0. The van der Waals surface area contributed by atoms with Crippen LogP contribution in [0, 0.1) is 0 Å². The average Bonchev–Trinajstić information content (AvgIpc) is 3.44. The van der Waals surface area contributed by atoms with Gasteiger partial charge in [-0.25, -0.2) is 4.98 Å². The van der Waals surface area contributed by atoms with Crippen LogP contribution < -0.4 is 15.4 Å². The number of anilines is 3. The Morgan fingerprint density at radius 1 is 0.903 bits per heavy atom. The van der Waals surface area contributed by atoms with Crippen LogP contribution in [0.15, 0.2) is 79.1 Å². The first-order valence-electron chi connectivity index (χ1n) is 9.73. The van der Waals surface area contributed by atoms with Crippen LogP contribution in [0.4, 0.5) is 17.3 Å². The molecule has 0 bridgehead atoms. The van der Waals surface area contributed by atoms with Gasteiger partial charge in [0.15, 0.2) is 0 Å². The molecule has 0 amide bonds. The van der Waals surface area contributed by atoms with E-state index >= 15 is 0 Å². The molecule has 0 fully saturated rings. The lowest BCUT2D eigenvalue weighted by Crippen LogP contribution is -2.00. The van der Waals surface area contributed by atoms with Gasteiger partial charge in [0.25, 0.3) is 0 Å². The largest absolute Gasteiger partial charge is 0.457 e. The van der Waals surface area contributed by atoms with Crippen LogP contribution in [0.1, 0.15) is 5.56 Å². The highest BCUT2D eigenvalue weighted by molar-refractivity contribution is 6.30. The second kappa shape index (κ2) is 8.41. The van der Waals surface area contributed by atoms with E-state index in [9.17, 15) is 0 Å². The summed E-state index contributed by atoms with van der Waals surface area (Å²) in [6.45, 7) is 0.640. The zero-order valence-electron chi connectivity index (χ0n) is 16.4. The number of benzene rings is 3. The van der Waals surface area contributed by atoms with E-state index in [1.54, 1.807) is 24.5 Å². The number of aromatic nitrogens is 4. The molecule has 0 saturated heterocycles. The maximum Gasteiger partial charge on any atom is 0.201 e. The normalized spacial score (nSPS) is 10.9. The highest BCUT2D eigenvalue weighted by Gasteiger charge is 2.05. The van der Waals surface area contributed by atoms with E-state index in [-0.39, 0.29) is 0 Å². The molecule has 0 radical (unpaired) electrons. The Bertz CT molecular complexity index is 1280. The Hall–Kier alpha value is -3.97. The topological polar surface area (TPSA) is 90.7 Å². The molecule has 0 atom stereocenters. The summed E-state index contributed by atoms with van der Waals surface area (Å²) < 4.78 is 5.83. The van der Waals surface area contributed by atoms with Crippen molar-refractivity contribution in [2.45, 2.75) is 6.54 Å². The molecular formula is C23H19ClN6O. The number of rotatable bonds is 7. The molecule has 0 aliphatic rings. The number of imidazole rings is 1. The van der Waals surface area contributed by atoms with Crippen molar-refractivity contribution >= 4 is 40.0 Å². The van der Waals surface area contributed by atoms with Gasteiger partial charge in [-0.05, 0) is 60.2 Å². The first-order valence-corrected chi connectivity index (χ1v) is 10.1. The summed E-state index contributed by atoms with van der Waals surface area (Å²) >= 11 is 5.91. The number of fused-ring (bicyclic) bond motifs is 1. The molecule has 4 N–H and O–H groups in total. The van der Waals surface area contributed by atoms with Crippen molar-refractivity contribution in [3.05, 3.63) is 89.7 Å². The van der Waals surface area contributed by atoms with Crippen LogP contribution in [0.3, 0.4) is 0 Å². The van der Waals surface area contributed by atoms with Gasteiger partial charge >= 0.3 is 0 Å². The fourth-order valence-corrected chi connectivity index (χ4v) is 3.28. The molecule has 0 aliphatic heterocycles. The summed E-state index contributed by atoms with van der Waals surface area (Å²) in [6, 6.07) is 21.2. The minimum absolute atomic E-state index is 0.640. The van der Waals surface area contributed by atoms with Crippen LogP contribution in [0.25, 0.3) is 11.0 Å². The van der Waals surface area contributed by atoms with E-state index < -0.39 is 0 Å². The molecule has 0 spiro atoms. The Labute approximate surface area is 183 Å². The van der Waals surface area contributed by atoms with Crippen molar-refractivity contribution in [3.63, 3.8) is 0 Å². The van der Waals surface area contributed by atoms with Crippen LogP contribution in [-0.2, 0) is 6.54 Å². The predicted molar refractivity (Wildman–Crippen MR) is 123 cm³/mol. The fraction of sp³-hybridized carbons (Fsp3) is 0.0435. The van der Waals surface area contributed by atoms with Crippen molar-refractivity contribution < 1.29 is 4.74 Å². The number of aromatic amines is 2. The number of H-pyrrole nitrogens is 2. The van der Waals surface area contributed by atoms with E-state index in [0.29, 0.717) is 11.6 Å². The lowest BCUT2D eigenvalue weighted by molar-refractivity contribution is 0.482. The zero-order valence-corrected chi connectivity index (χ0v) is 17.1. The molecule has 8 heteroatoms. The Kier molecular flexibility index (Phi) is 5.16. The van der Waals surface area contributed by atoms with Gasteiger partial charge in [0, 0.05) is 23.5 Å². The van der Waals surface area contributed by atoms with Gasteiger partial charge in [-0.1, -0.05) is 23.7 Å². The third-order valence-electron chi connectivity index (χ3n) is 4.70. The average molecular weight is 431 g/mol. The molecule has 2 aromatic heterocycles. The number of ether oxygens (including phenoxy) is 1. The van der Waals surface area contributed by atoms with E-state index in [1.165, 1.54) is 0 Å². The van der Waals surface area contributed by atoms with Crippen molar-refractivity contribution in [1.82, 2.24) is 20.2 Å². The molecule has 0 unspecified atom stereocenters. The monoisotopic (exact) mass is 430 g/mol. The molecule has 5 aromatic rings. The number of hydrogen-bond acceptors (Lipinski definition) is 5. The van der Waals surface area contributed by atoms with Crippen LogP contribution in [-0.4, -0.2) is 20.2 Å². The molecule has 5 rings (SSSR count). The highest BCUT2D eigenvalue weighted by atomic mass is 35.5. The molecule has 31 heavy (non-hydrogen) atoms. The third kappa shape index (κ3) is 4.62. The summed E-state index contributed by atoms with van der Waals surface area (Å²) in [5.41, 5.74) is 4.82. The van der Waals surface area contributed by atoms with E-state index in [2.05, 4.69) is 30.8 Å². The first kappa shape index (κ1) is 19.0. The second-order valence-electron chi connectivity index (χ2n) is 6.98. The molecule has 7 nitrogen and oxygen atoms in total. The quantitative estimate of drug-likeness (QED) is 0.251. The maximum absolute atomic E-state index is 5.91. The van der Waals surface area contributed by atoms with E-state index in [0.717, 1.165) is 45.4 Å². The number of nitrogens with zero attached hydrogens (tertiary/aromatic N) is 2. The first-order chi connectivity index (χ1) is 15.2. The smallest absolute Gasteiger partial charge is 0.201 e. The minimum atomic E-state index is 0.640. The minimum Gasteiger partial charge on any atom is -0.457 e. The van der Waals surface area contributed by atoms with Crippen molar-refractivity contribution in [2.24, 2.45) is 0 Å². The molecule has 154 valence electrons. The van der Waals surface area contributed by atoms with Gasteiger partial charge in [0.2, 0.25) is 5.95 Å². The maximum atomic E-state index is 5.91. The van der Waals surface area contributed by atoms with Crippen LogP contribution in [0.5, 0.6) is 11.5 Å². The SMILES string of the molecule is Clc1ccc(Oc2ccc(CNc3nc4ccc(Nc5cn[nH]c5)cc4[nH]3)cc2)cc1. The Morgan fingerprint density at radius 3 is 2.42 bits per heavy atom. The summed E-state index contributed by atoms with van der Waals surface area (Å²) in [4.78, 5) is 7.91. The van der Waals surface area contributed by atoms with Crippen molar-refractivity contribution in [1.29, 1.82) is 0 Å². The van der Waals surface area contributed by atoms with Gasteiger partial charge in [0.05, 0.1) is 22.9 Å². The van der Waals surface area contributed by atoms with Crippen LogP contribution >= 0.6 is 11.6 Å². The molecule has 3 aromatic carbocycles. The number of hydrogen-bond donors (Lipinski definition) is 4. The third-order valence-corrected chi connectivity index (χ3v) is 4.95. The predicted octanol–water partition coefficient (Wildman–Crippen LogP) is 6.09. The molecular weight excluding hydrogens is 412 g/mol. The van der Waals surface area contributed by atoms with E-state index in [1.807, 2.05) is 54.6 Å². The molecule has 0 aliphatic carbocycles. The van der Waals surface area contributed by atoms with Crippen molar-refractivity contribution in [2.75, 3.05) is 10.6 Å². The highest BCUT2D eigenvalue weighted by Crippen LogP contribution is 2.24. The van der Waals surface area contributed by atoms with E-state index in [4.69, 9.17) is 16.3 Å². The number of halogens is 1. The summed E-state index contributed by atoms with van der Waals surface area (Å²) in [5.74, 6) is 2.24. The summed E-state index contributed by atoms with van der Waals surface area (Å²) in [6.07, 6.45) is 3.53. The van der Waals surface area contributed by atoms with Gasteiger partial charge in [-0.15, -0.1) is 0 Å². The lowest BCUT2D eigenvalue weighted by atomic mass is 10.2. The summed E-state index contributed by atoms with van der Waals surface area (Å²) in [5, 5.41) is 14.0. The molecule has 2 heterocycles. The van der Waals surface area contributed by atoms with Crippen molar-refractivity contribution in [3.8, 4) is 11.5 Å². The van der Waals surface area contributed by atoms with Gasteiger partial charge in [-0.2, -0.15) is 5.10 Å².